The standard InChI is InChI=1S/C17H19N5O4S2/c18-28(25,26)13-5-3-12(4-6-13)7-8-19-17(24)14-10-22(21-20-14)11-15(23)16-2-1-9-27-16/h1-6,9-10,15,23H,7-8,11H2,(H,19,24)(H2,18,25,26)/t15-/m1/s1. The lowest BCUT2D eigenvalue weighted by Crippen LogP contribution is -2.26. The summed E-state index contributed by atoms with van der Waals surface area (Å²) in [5, 5.41) is 27.5. The first kappa shape index (κ1) is 20.1. The second-order valence-electron chi connectivity index (χ2n) is 6.05. The van der Waals surface area contributed by atoms with Gasteiger partial charge in [-0.25, -0.2) is 18.2 Å². The van der Waals surface area contributed by atoms with E-state index in [2.05, 4.69) is 15.6 Å². The maximum Gasteiger partial charge on any atom is 0.273 e. The zero-order chi connectivity index (χ0) is 20.1. The predicted molar refractivity (Wildman–Crippen MR) is 103 cm³/mol. The van der Waals surface area contributed by atoms with Crippen LogP contribution in [0.3, 0.4) is 0 Å². The molecule has 0 spiro atoms. The Balaban J connectivity index is 1.49. The highest BCUT2D eigenvalue weighted by Crippen LogP contribution is 2.19. The smallest absolute Gasteiger partial charge is 0.273 e. The third kappa shape index (κ3) is 5.23. The lowest BCUT2D eigenvalue weighted by molar-refractivity contribution is 0.0949. The van der Waals surface area contributed by atoms with Crippen LogP contribution in [-0.2, 0) is 23.0 Å². The maximum atomic E-state index is 12.2. The first-order valence-electron chi connectivity index (χ1n) is 8.34. The fraction of sp³-hybridized carbons (Fsp3) is 0.235. The number of aromatic nitrogens is 3. The number of sulfonamides is 1. The Bertz CT molecular complexity index is 1030. The van der Waals surface area contributed by atoms with E-state index < -0.39 is 16.1 Å². The summed E-state index contributed by atoms with van der Waals surface area (Å²) in [5.41, 5.74) is 1.01. The Morgan fingerprint density at radius 2 is 2.04 bits per heavy atom. The van der Waals surface area contributed by atoms with Crippen molar-refractivity contribution in [2.24, 2.45) is 5.14 Å². The van der Waals surface area contributed by atoms with Crippen LogP contribution in [0.15, 0.2) is 52.9 Å². The molecule has 0 saturated heterocycles. The molecule has 0 radical (unpaired) electrons. The van der Waals surface area contributed by atoms with Crippen LogP contribution < -0.4 is 10.5 Å². The Hall–Kier alpha value is -2.60. The van der Waals surface area contributed by atoms with Gasteiger partial charge in [-0.3, -0.25) is 4.79 Å². The van der Waals surface area contributed by atoms with E-state index >= 15 is 0 Å². The fourth-order valence-electron chi connectivity index (χ4n) is 2.50. The number of rotatable bonds is 8. The number of nitrogens with one attached hydrogen (secondary N) is 1. The molecule has 2 aromatic heterocycles. The number of nitrogens with zero attached hydrogens (tertiary/aromatic N) is 3. The minimum Gasteiger partial charge on any atom is -0.386 e. The molecule has 9 nitrogen and oxygen atoms in total. The number of benzene rings is 1. The molecule has 2 heterocycles. The van der Waals surface area contributed by atoms with Crippen molar-refractivity contribution in [1.29, 1.82) is 0 Å². The topological polar surface area (TPSA) is 140 Å². The van der Waals surface area contributed by atoms with Crippen molar-refractivity contribution in [3.05, 3.63) is 64.1 Å². The number of hydrogen-bond donors (Lipinski definition) is 3. The van der Waals surface area contributed by atoms with Crippen molar-refractivity contribution in [2.45, 2.75) is 24.0 Å². The molecule has 0 saturated carbocycles. The van der Waals surface area contributed by atoms with Gasteiger partial charge in [-0.1, -0.05) is 23.4 Å². The van der Waals surface area contributed by atoms with Gasteiger partial charge in [0.05, 0.1) is 17.6 Å². The molecule has 0 aliphatic carbocycles. The van der Waals surface area contributed by atoms with Crippen LogP contribution in [-0.4, -0.2) is 41.0 Å². The lowest BCUT2D eigenvalue weighted by atomic mass is 10.1. The molecule has 0 aliphatic heterocycles. The molecule has 28 heavy (non-hydrogen) atoms. The van der Waals surface area contributed by atoms with E-state index in [1.807, 2.05) is 17.5 Å². The Kier molecular flexibility index (Phi) is 6.19. The number of hydrogen-bond acceptors (Lipinski definition) is 7. The molecule has 148 valence electrons. The number of carbonyl (C=O) groups excluding carboxylic acids is 1. The number of aliphatic hydroxyl groups is 1. The first-order chi connectivity index (χ1) is 13.3. The van der Waals surface area contributed by atoms with Gasteiger partial charge in [0.2, 0.25) is 10.0 Å². The Morgan fingerprint density at radius 1 is 1.29 bits per heavy atom. The van der Waals surface area contributed by atoms with Crippen molar-refractivity contribution < 1.29 is 18.3 Å². The molecule has 0 fully saturated rings. The summed E-state index contributed by atoms with van der Waals surface area (Å²) in [7, 11) is -3.71. The fourth-order valence-corrected chi connectivity index (χ4v) is 3.71. The summed E-state index contributed by atoms with van der Waals surface area (Å²) in [6.45, 7) is 0.551. The number of thiophene rings is 1. The van der Waals surface area contributed by atoms with Crippen molar-refractivity contribution in [1.82, 2.24) is 20.3 Å². The summed E-state index contributed by atoms with van der Waals surface area (Å²) in [6.07, 6.45) is 1.28. The molecular weight excluding hydrogens is 402 g/mol. The van der Waals surface area contributed by atoms with Crippen molar-refractivity contribution in [2.75, 3.05) is 6.54 Å². The van der Waals surface area contributed by atoms with E-state index in [0.717, 1.165) is 10.4 Å². The van der Waals surface area contributed by atoms with Gasteiger partial charge in [0.15, 0.2) is 5.69 Å². The second-order valence-corrected chi connectivity index (χ2v) is 8.59. The molecule has 0 bridgehead atoms. The van der Waals surface area contributed by atoms with Gasteiger partial charge < -0.3 is 10.4 Å². The molecule has 11 heteroatoms. The van der Waals surface area contributed by atoms with E-state index in [9.17, 15) is 18.3 Å². The molecule has 3 aromatic rings. The summed E-state index contributed by atoms with van der Waals surface area (Å²) in [6, 6.07) is 9.83. The number of carbonyl (C=O) groups is 1. The van der Waals surface area contributed by atoms with Gasteiger partial charge >= 0.3 is 0 Å². The van der Waals surface area contributed by atoms with Crippen molar-refractivity contribution in [3.8, 4) is 0 Å². The monoisotopic (exact) mass is 421 g/mol. The minimum absolute atomic E-state index is 0.0432. The van der Waals surface area contributed by atoms with Crippen LogP contribution >= 0.6 is 11.3 Å². The molecule has 0 aliphatic rings. The van der Waals surface area contributed by atoms with Crippen LogP contribution in [0.25, 0.3) is 0 Å². The minimum atomic E-state index is -3.71. The number of primary sulfonamides is 1. The summed E-state index contributed by atoms with van der Waals surface area (Å²) >= 11 is 1.44. The van der Waals surface area contributed by atoms with E-state index in [4.69, 9.17) is 5.14 Å². The first-order valence-corrected chi connectivity index (χ1v) is 10.8. The van der Waals surface area contributed by atoms with Crippen LogP contribution in [0.1, 0.15) is 27.0 Å². The normalized spacial score (nSPS) is 12.6. The average molecular weight is 422 g/mol. The van der Waals surface area contributed by atoms with E-state index in [1.54, 1.807) is 12.1 Å². The van der Waals surface area contributed by atoms with Crippen molar-refractivity contribution in [3.63, 3.8) is 0 Å². The van der Waals surface area contributed by atoms with E-state index in [0.29, 0.717) is 13.0 Å². The SMILES string of the molecule is NS(=O)(=O)c1ccc(CCNC(=O)c2cn(C[C@@H](O)c3cccs3)nn2)cc1. The average Bonchev–Trinajstić information content (AvgIpc) is 3.33. The number of nitrogens with two attached hydrogens (primary N) is 1. The second kappa shape index (κ2) is 8.61. The van der Waals surface area contributed by atoms with Crippen LogP contribution in [0.5, 0.6) is 0 Å². The van der Waals surface area contributed by atoms with Gasteiger partial charge in [-0.2, -0.15) is 0 Å². The summed E-state index contributed by atoms with van der Waals surface area (Å²) < 4.78 is 23.9. The van der Waals surface area contributed by atoms with Gasteiger partial charge in [0, 0.05) is 11.4 Å². The molecule has 0 unspecified atom stereocenters. The van der Waals surface area contributed by atoms with Crippen LogP contribution in [0, 0.1) is 0 Å². The molecular formula is C17H19N5O4S2. The Labute approximate surface area is 165 Å². The zero-order valence-electron chi connectivity index (χ0n) is 14.7. The number of amides is 1. The highest BCUT2D eigenvalue weighted by atomic mass is 32.2. The molecule has 3 rings (SSSR count). The molecule has 4 N–H and O–H groups in total. The third-order valence-electron chi connectivity index (χ3n) is 3.95. The largest absolute Gasteiger partial charge is 0.386 e. The lowest BCUT2D eigenvalue weighted by Gasteiger charge is -2.07. The van der Waals surface area contributed by atoms with Gasteiger partial charge in [0.25, 0.3) is 5.91 Å². The Morgan fingerprint density at radius 3 is 2.68 bits per heavy atom. The number of aliphatic hydroxyl groups excluding tert-OH is 1. The maximum absolute atomic E-state index is 12.2. The van der Waals surface area contributed by atoms with Crippen LogP contribution in [0.2, 0.25) is 0 Å². The predicted octanol–water partition coefficient (Wildman–Crippen LogP) is 0.693. The van der Waals surface area contributed by atoms with E-state index in [1.165, 1.54) is 34.3 Å². The van der Waals surface area contributed by atoms with E-state index in [-0.39, 0.29) is 23.0 Å². The highest BCUT2D eigenvalue weighted by molar-refractivity contribution is 7.89. The highest BCUT2D eigenvalue weighted by Gasteiger charge is 2.14. The molecule has 1 amide bonds. The van der Waals surface area contributed by atoms with Gasteiger partial charge in [-0.05, 0) is 35.6 Å². The third-order valence-corrected chi connectivity index (χ3v) is 5.86. The molecule has 1 atom stereocenters. The van der Waals surface area contributed by atoms with Gasteiger partial charge in [0.1, 0.15) is 6.10 Å². The zero-order valence-corrected chi connectivity index (χ0v) is 16.4. The summed E-state index contributed by atoms with van der Waals surface area (Å²) in [4.78, 5) is 13.0. The van der Waals surface area contributed by atoms with Gasteiger partial charge in [-0.15, -0.1) is 16.4 Å². The molecule has 1 aromatic carbocycles. The quantitative estimate of drug-likeness (QED) is 0.489. The van der Waals surface area contributed by atoms with Crippen LogP contribution in [0.4, 0.5) is 0 Å². The van der Waals surface area contributed by atoms with Crippen molar-refractivity contribution >= 4 is 27.3 Å². The summed E-state index contributed by atoms with van der Waals surface area (Å²) in [5.74, 6) is -0.377.